The highest BCUT2D eigenvalue weighted by atomic mass is 16.5. The second-order valence-corrected chi connectivity index (χ2v) is 9.43. The zero-order valence-corrected chi connectivity index (χ0v) is 22.8. The van der Waals surface area contributed by atoms with Gasteiger partial charge in [0.05, 0.1) is 34.8 Å². The topological polar surface area (TPSA) is 87.9 Å². The molecule has 1 amide bonds. The Hall–Kier alpha value is -4.17. The summed E-state index contributed by atoms with van der Waals surface area (Å²) in [6.45, 7) is 13.1. The zero-order chi connectivity index (χ0) is 27.9. The van der Waals surface area contributed by atoms with Gasteiger partial charge >= 0.3 is 0 Å². The minimum Gasteiger partial charge on any atom is -0.507 e. The van der Waals surface area contributed by atoms with Crippen molar-refractivity contribution in [2.75, 3.05) is 32.8 Å². The zero-order valence-electron chi connectivity index (χ0n) is 22.8. The quantitative estimate of drug-likeness (QED) is 0.156. The minimum atomic E-state index is -0.727. The van der Waals surface area contributed by atoms with E-state index in [1.54, 1.807) is 27.8 Å². The van der Waals surface area contributed by atoms with Gasteiger partial charge in [-0.2, -0.15) is 5.10 Å². The average molecular weight is 529 g/mol. The van der Waals surface area contributed by atoms with Gasteiger partial charge in [0, 0.05) is 6.54 Å². The molecule has 1 aliphatic heterocycles. The number of ether oxygens (including phenoxy) is 1. The van der Waals surface area contributed by atoms with Crippen LogP contribution in [0.25, 0.3) is 11.4 Å². The first-order chi connectivity index (χ1) is 18.9. The second kappa shape index (κ2) is 12.6. The number of aromatic nitrogens is 2. The smallest absolute Gasteiger partial charge is 0.295 e. The third kappa shape index (κ3) is 5.81. The predicted molar refractivity (Wildman–Crippen MR) is 152 cm³/mol. The molecule has 1 aromatic heterocycles. The number of aliphatic hydroxyl groups is 1. The molecule has 1 atom stereocenters. The Morgan fingerprint density at radius 1 is 1.10 bits per heavy atom. The van der Waals surface area contributed by atoms with Crippen LogP contribution in [-0.2, 0) is 9.59 Å². The Bertz CT molecular complexity index is 1340. The van der Waals surface area contributed by atoms with Gasteiger partial charge in [0.25, 0.3) is 11.7 Å². The van der Waals surface area contributed by atoms with Gasteiger partial charge in [0.15, 0.2) is 0 Å². The fourth-order valence-corrected chi connectivity index (χ4v) is 4.98. The number of hydrogen-bond acceptors (Lipinski definition) is 6. The SMILES string of the molecule is C=CCOc1ccc(C2/C(=C(\O)c3cnn(-c4ccccc4)c3C)C(=O)C(=O)N2CCCN(CC)CC)cc1. The van der Waals surface area contributed by atoms with E-state index in [1.165, 1.54) is 6.20 Å². The van der Waals surface area contributed by atoms with Crippen LogP contribution in [0.4, 0.5) is 0 Å². The molecule has 1 N–H and O–H groups in total. The Morgan fingerprint density at radius 2 is 1.79 bits per heavy atom. The van der Waals surface area contributed by atoms with Crippen LogP contribution in [0.5, 0.6) is 5.75 Å². The Balaban J connectivity index is 1.75. The van der Waals surface area contributed by atoms with E-state index in [1.807, 2.05) is 49.4 Å². The van der Waals surface area contributed by atoms with Gasteiger partial charge in [-0.3, -0.25) is 9.59 Å². The summed E-state index contributed by atoms with van der Waals surface area (Å²) in [5, 5.41) is 16.0. The lowest BCUT2D eigenvalue weighted by molar-refractivity contribution is -0.140. The molecule has 8 nitrogen and oxygen atoms in total. The number of para-hydroxylation sites is 1. The van der Waals surface area contributed by atoms with E-state index < -0.39 is 17.7 Å². The number of nitrogens with zero attached hydrogens (tertiary/aromatic N) is 4. The summed E-state index contributed by atoms with van der Waals surface area (Å²) in [5.74, 6) is -0.881. The maximum Gasteiger partial charge on any atom is 0.295 e. The van der Waals surface area contributed by atoms with Crippen molar-refractivity contribution in [3.8, 4) is 11.4 Å². The number of likely N-dealkylation sites (tertiary alicyclic amines) is 1. The van der Waals surface area contributed by atoms with Gasteiger partial charge in [-0.1, -0.05) is 56.8 Å². The number of amides is 1. The number of ketones is 1. The standard InChI is InChI=1S/C31H36N4O4/c1-5-20-39-25-16-14-23(15-17-25)28-27(30(37)31(38)34(28)19-11-18-33(6-2)7-3)29(36)26-21-32-35(22(26)4)24-12-9-8-10-13-24/h5,8-10,12-17,21,28,36H,1,6-7,11,18-20H2,2-4H3/b29-27+. The molecule has 39 heavy (non-hydrogen) atoms. The van der Waals surface area contributed by atoms with Gasteiger partial charge in [0.1, 0.15) is 18.1 Å². The van der Waals surface area contributed by atoms with Gasteiger partial charge < -0.3 is 19.6 Å². The first-order valence-electron chi connectivity index (χ1n) is 13.4. The summed E-state index contributed by atoms with van der Waals surface area (Å²) in [4.78, 5) is 30.6. The van der Waals surface area contributed by atoms with Crippen molar-refractivity contribution in [2.45, 2.75) is 33.2 Å². The summed E-state index contributed by atoms with van der Waals surface area (Å²) >= 11 is 0. The molecule has 1 unspecified atom stereocenters. The number of aliphatic hydroxyl groups excluding tert-OH is 1. The number of benzene rings is 2. The van der Waals surface area contributed by atoms with E-state index in [4.69, 9.17) is 4.74 Å². The van der Waals surface area contributed by atoms with E-state index in [0.717, 1.165) is 30.9 Å². The normalized spacial score (nSPS) is 16.7. The second-order valence-electron chi connectivity index (χ2n) is 9.43. The first-order valence-corrected chi connectivity index (χ1v) is 13.4. The van der Waals surface area contributed by atoms with Crippen LogP contribution in [0.1, 0.15) is 43.1 Å². The molecule has 2 heterocycles. The van der Waals surface area contributed by atoms with E-state index in [0.29, 0.717) is 36.6 Å². The van der Waals surface area contributed by atoms with Gasteiger partial charge in [-0.25, -0.2) is 4.68 Å². The summed E-state index contributed by atoms with van der Waals surface area (Å²) in [6.07, 6.45) is 3.90. The Morgan fingerprint density at radius 3 is 2.44 bits per heavy atom. The van der Waals surface area contributed by atoms with Gasteiger partial charge in [0.2, 0.25) is 0 Å². The van der Waals surface area contributed by atoms with E-state index >= 15 is 0 Å². The van der Waals surface area contributed by atoms with Crippen LogP contribution >= 0.6 is 0 Å². The van der Waals surface area contributed by atoms with Crippen molar-refractivity contribution in [1.29, 1.82) is 0 Å². The molecule has 1 fully saturated rings. The van der Waals surface area contributed by atoms with Crippen molar-refractivity contribution in [1.82, 2.24) is 19.6 Å². The van der Waals surface area contributed by atoms with Crippen LogP contribution in [0.3, 0.4) is 0 Å². The molecular formula is C31H36N4O4. The van der Waals surface area contributed by atoms with Crippen LogP contribution in [0.15, 0.2) is 79.0 Å². The molecular weight excluding hydrogens is 492 g/mol. The van der Waals surface area contributed by atoms with Crippen LogP contribution in [-0.4, -0.2) is 69.2 Å². The van der Waals surface area contributed by atoms with Crippen LogP contribution in [0, 0.1) is 6.92 Å². The lowest BCUT2D eigenvalue weighted by atomic mass is 9.95. The van der Waals surface area contributed by atoms with Gasteiger partial charge in [-0.05, 0) is 62.8 Å². The summed E-state index contributed by atoms with van der Waals surface area (Å²) < 4.78 is 7.32. The highest BCUT2D eigenvalue weighted by molar-refractivity contribution is 6.46. The van der Waals surface area contributed by atoms with Crippen molar-refractivity contribution < 1.29 is 19.4 Å². The third-order valence-electron chi connectivity index (χ3n) is 7.14. The number of hydrogen-bond donors (Lipinski definition) is 1. The molecule has 204 valence electrons. The number of carbonyl (C=O) groups is 2. The Kier molecular flexibility index (Phi) is 8.99. The monoisotopic (exact) mass is 528 g/mol. The summed E-state index contributed by atoms with van der Waals surface area (Å²) in [5.41, 5.74) is 2.70. The fourth-order valence-electron chi connectivity index (χ4n) is 4.98. The molecule has 0 bridgehead atoms. The lowest BCUT2D eigenvalue weighted by Crippen LogP contribution is -2.33. The molecule has 2 aromatic carbocycles. The van der Waals surface area contributed by atoms with Crippen LogP contribution in [0.2, 0.25) is 0 Å². The van der Waals surface area contributed by atoms with Crippen molar-refractivity contribution in [2.24, 2.45) is 0 Å². The summed E-state index contributed by atoms with van der Waals surface area (Å²) in [6, 6.07) is 16.1. The highest BCUT2D eigenvalue weighted by Gasteiger charge is 2.46. The largest absolute Gasteiger partial charge is 0.507 e. The molecule has 1 aliphatic rings. The van der Waals surface area contributed by atoms with Crippen molar-refractivity contribution >= 4 is 17.4 Å². The minimum absolute atomic E-state index is 0.0679. The lowest BCUT2D eigenvalue weighted by Gasteiger charge is -2.27. The molecule has 0 saturated carbocycles. The third-order valence-corrected chi connectivity index (χ3v) is 7.14. The molecule has 8 heteroatoms. The maximum atomic E-state index is 13.4. The number of Topliss-reactive ketones (excluding diaryl/α,β-unsaturated/α-hetero) is 1. The molecule has 4 rings (SSSR count). The maximum absolute atomic E-state index is 13.4. The van der Waals surface area contributed by atoms with Crippen LogP contribution < -0.4 is 4.74 Å². The summed E-state index contributed by atoms with van der Waals surface area (Å²) in [7, 11) is 0. The average Bonchev–Trinajstić information content (AvgIpc) is 3.47. The molecule has 0 radical (unpaired) electrons. The predicted octanol–water partition coefficient (Wildman–Crippen LogP) is 4.90. The molecule has 0 spiro atoms. The molecule has 3 aromatic rings. The fraction of sp³-hybridized carbons (Fsp3) is 0.323. The van der Waals surface area contributed by atoms with Gasteiger partial charge in [-0.15, -0.1) is 0 Å². The van der Waals surface area contributed by atoms with Crippen molar-refractivity contribution in [3.63, 3.8) is 0 Å². The first kappa shape index (κ1) is 27.9. The Labute approximate surface area is 229 Å². The molecule has 0 aliphatic carbocycles. The number of rotatable bonds is 12. The molecule has 1 saturated heterocycles. The highest BCUT2D eigenvalue weighted by Crippen LogP contribution is 2.40. The van der Waals surface area contributed by atoms with Crippen molar-refractivity contribution in [3.05, 3.63) is 95.8 Å². The van der Waals surface area contributed by atoms with E-state index in [9.17, 15) is 14.7 Å². The number of carbonyl (C=O) groups excluding carboxylic acids is 2. The van der Waals surface area contributed by atoms with E-state index in [2.05, 4.69) is 30.4 Å². The van der Waals surface area contributed by atoms with E-state index in [-0.39, 0.29) is 11.3 Å².